The lowest BCUT2D eigenvalue weighted by molar-refractivity contribution is -0.145. The molecule has 14 heavy (non-hydrogen) atoms. The van der Waals surface area contributed by atoms with E-state index in [2.05, 4.69) is 19.2 Å². The Bertz CT molecular complexity index is 159. The van der Waals surface area contributed by atoms with Crippen molar-refractivity contribution >= 4 is 5.97 Å². The molecule has 2 atom stereocenters. The van der Waals surface area contributed by atoms with Gasteiger partial charge >= 0.3 is 5.97 Å². The molecule has 0 spiro atoms. The van der Waals surface area contributed by atoms with Gasteiger partial charge in [0, 0.05) is 0 Å². The predicted octanol–water partition coefficient (Wildman–Crippen LogP) is 1.96. The number of carbonyl (C=O) groups is 1. The average molecular weight is 201 g/mol. The van der Waals surface area contributed by atoms with E-state index in [4.69, 9.17) is 4.74 Å². The largest absolute Gasteiger partial charge is 0.465 e. The molecule has 1 N–H and O–H groups in total. The first-order valence-corrected chi connectivity index (χ1v) is 5.51. The first-order valence-electron chi connectivity index (χ1n) is 5.51. The molecule has 0 radical (unpaired) electrons. The molecule has 0 aromatic heterocycles. The van der Waals surface area contributed by atoms with Crippen LogP contribution in [0.15, 0.2) is 0 Å². The molecule has 0 aliphatic rings. The second-order valence-corrected chi connectivity index (χ2v) is 3.78. The predicted molar refractivity (Wildman–Crippen MR) is 58.2 cm³/mol. The highest BCUT2D eigenvalue weighted by Crippen LogP contribution is 2.03. The van der Waals surface area contributed by atoms with E-state index in [1.54, 1.807) is 0 Å². The van der Waals surface area contributed by atoms with Crippen LogP contribution in [0.5, 0.6) is 0 Å². The highest BCUT2D eigenvalue weighted by molar-refractivity contribution is 5.75. The van der Waals surface area contributed by atoms with Crippen molar-refractivity contribution in [2.45, 2.75) is 46.6 Å². The number of hydrogen-bond donors (Lipinski definition) is 1. The zero-order valence-electron chi connectivity index (χ0n) is 9.80. The van der Waals surface area contributed by atoms with E-state index in [0.29, 0.717) is 12.5 Å². The van der Waals surface area contributed by atoms with Crippen LogP contribution in [-0.2, 0) is 9.53 Å². The van der Waals surface area contributed by atoms with Crippen molar-refractivity contribution in [1.82, 2.24) is 5.32 Å². The molecule has 0 heterocycles. The standard InChI is InChI=1S/C11H23NO2/c1-5-7-9(3)8-12-10(4)11(13)14-6-2/h9-10,12H,5-8H2,1-4H3. The van der Waals surface area contributed by atoms with Gasteiger partial charge in [-0.25, -0.2) is 0 Å². The quantitative estimate of drug-likeness (QED) is 0.640. The van der Waals surface area contributed by atoms with Gasteiger partial charge in [0.2, 0.25) is 0 Å². The molecule has 0 aromatic carbocycles. The van der Waals surface area contributed by atoms with Gasteiger partial charge in [-0.2, -0.15) is 0 Å². The third kappa shape index (κ3) is 5.97. The first-order chi connectivity index (χ1) is 6.61. The Kier molecular flexibility index (Phi) is 7.48. The Morgan fingerprint density at radius 1 is 1.36 bits per heavy atom. The molecule has 0 bridgehead atoms. The van der Waals surface area contributed by atoms with Crippen LogP contribution >= 0.6 is 0 Å². The number of ether oxygens (including phenoxy) is 1. The molecule has 84 valence electrons. The van der Waals surface area contributed by atoms with Crippen LogP contribution in [0.3, 0.4) is 0 Å². The lowest BCUT2D eigenvalue weighted by Gasteiger charge is -2.15. The Labute approximate surface area is 87.2 Å². The first kappa shape index (κ1) is 13.4. The van der Waals surface area contributed by atoms with Gasteiger partial charge < -0.3 is 10.1 Å². The van der Waals surface area contributed by atoms with E-state index in [-0.39, 0.29) is 12.0 Å². The minimum atomic E-state index is -0.186. The number of hydrogen-bond acceptors (Lipinski definition) is 3. The summed E-state index contributed by atoms with van der Waals surface area (Å²) in [5, 5.41) is 3.18. The lowest BCUT2D eigenvalue weighted by Crippen LogP contribution is -2.37. The Balaban J connectivity index is 3.61. The maximum atomic E-state index is 11.2. The Morgan fingerprint density at radius 2 is 2.00 bits per heavy atom. The molecular formula is C11H23NO2. The topological polar surface area (TPSA) is 38.3 Å². The lowest BCUT2D eigenvalue weighted by atomic mass is 10.1. The molecule has 0 fully saturated rings. The average Bonchev–Trinajstić information content (AvgIpc) is 2.15. The van der Waals surface area contributed by atoms with Gasteiger partial charge in [0.15, 0.2) is 0 Å². The van der Waals surface area contributed by atoms with Gasteiger partial charge in [0.1, 0.15) is 6.04 Å². The molecule has 0 saturated heterocycles. The molecular weight excluding hydrogens is 178 g/mol. The number of rotatable bonds is 7. The van der Waals surface area contributed by atoms with Gasteiger partial charge in [-0.1, -0.05) is 20.3 Å². The normalized spacial score (nSPS) is 14.9. The summed E-state index contributed by atoms with van der Waals surface area (Å²) in [5.74, 6) is 0.466. The van der Waals surface area contributed by atoms with Crippen LogP contribution in [0, 0.1) is 5.92 Å². The molecule has 0 aliphatic carbocycles. The Hall–Kier alpha value is -0.570. The highest BCUT2D eigenvalue weighted by atomic mass is 16.5. The van der Waals surface area contributed by atoms with Gasteiger partial charge in [0.05, 0.1) is 6.61 Å². The van der Waals surface area contributed by atoms with E-state index in [1.807, 2.05) is 13.8 Å². The maximum absolute atomic E-state index is 11.2. The summed E-state index contributed by atoms with van der Waals surface area (Å²) in [4.78, 5) is 11.2. The van der Waals surface area contributed by atoms with E-state index in [9.17, 15) is 4.79 Å². The molecule has 0 saturated carbocycles. The summed E-state index contributed by atoms with van der Waals surface area (Å²) >= 11 is 0. The fraction of sp³-hybridized carbons (Fsp3) is 0.909. The van der Waals surface area contributed by atoms with Gasteiger partial charge in [-0.15, -0.1) is 0 Å². The van der Waals surface area contributed by atoms with E-state index in [0.717, 1.165) is 6.54 Å². The van der Waals surface area contributed by atoms with Crippen LogP contribution in [0.1, 0.15) is 40.5 Å². The summed E-state index contributed by atoms with van der Waals surface area (Å²) in [6, 6.07) is -0.186. The van der Waals surface area contributed by atoms with Crippen LogP contribution in [0.2, 0.25) is 0 Å². The van der Waals surface area contributed by atoms with Crippen molar-refractivity contribution in [3.63, 3.8) is 0 Å². The van der Waals surface area contributed by atoms with Crippen molar-refractivity contribution in [3.8, 4) is 0 Å². The van der Waals surface area contributed by atoms with Crippen LogP contribution < -0.4 is 5.32 Å². The molecule has 3 nitrogen and oxygen atoms in total. The van der Waals surface area contributed by atoms with Crippen LogP contribution in [-0.4, -0.2) is 25.2 Å². The highest BCUT2D eigenvalue weighted by Gasteiger charge is 2.13. The third-order valence-corrected chi connectivity index (χ3v) is 2.19. The van der Waals surface area contributed by atoms with E-state index < -0.39 is 0 Å². The van der Waals surface area contributed by atoms with Crippen molar-refractivity contribution in [1.29, 1.82) is 0 Å². The summed E-state index contributed by atoms with van der Waals surface area (Å²) < 4.78 is 4.89. The van der Waals surface area contributed by atoms with Crippen molar-refractivity contribution < 1.29 is 9.53 Å². The molecule has 2 unspecified atom stereocenters. The van der Waals surface area contributed by atoms with Gasteiger partial charge in [-0.3, -0.25) is 4.79 Å². The summed E-state index contributed by atoms with van der Waals surface area (Å²) in [6.07, 6.45) is 2.39. The summed E-state index contributed by atoms with van der Waals surface area (Å²) in [6.45, 7) is 9.36. The van der Waals surface area contributed by atoms with Crippen molar-refractivity contribution in [3.05, 3.63) is 0 Å². The minimum absolute atomic E-state index is 0.156. The number of nitrogens with one attached hydrogen (secondary N) is 1. The fourth-order valence-electron chi connectivity index (χ4n) is 1.32. The number of carbonyl (C=O) groups excluding carboxylic acids is 1. The smallest absolute Gasteiger partial charge is 0.322 e. The maximum Gasteiger partial charge on any atom is 0.322 e. The minimum Gasteiger partial charge on any atom is -0.465 e. The number of esters is 1. The summed E-state index contributed by atoms with van der Waals surface area (Å²) in [5.41, 5.74) is 0. The fourth-order valence-corrected chi connectivity index (χ4v) is 1.32. The van der Waals surface area contributed by atoms with Crippen molar-refractivity contribution in [2.75, 3.05) is 13.2 Å². The zero-order valence-corrected chi connectivity index (χ0v) is 9.80. The van der Waals surface area contributed by atoms with Gasteiger partial charge in [-0.05, 0) is 32.7 Å². The van der Waals surface area contributed by atoms with Crippen LogP contribution in [0.25, 0.3) is 0 Å². The Morgan fingerprint density at radius 3 is 2.50 bits per heavy atom. The van der Waals surface area contributed by atoms with Crippen LogP contribution in [0.4, 0.5) is 0 Å². The molecule has 3 heteroatoms. The van der Waals surface area contributed by atoms with Crippen molar-refractivity contribution in [2.24, 2.45) is 5.92 Å². The third-order valence-electron chi connectivity index (χ3n) is 2.19. The molecule has 0 aliphatic heterocycles. The second-order valence-electron chi connectivity index (χ2n) is 3.78. The SMILES string of the molecule is CCCC(C)CNC(C)C(=O)OCC. The molecule has 0 aromatic rings. The van der Waals surface area contributed by atoms with Gasteiger partial charge in [0.25, 0.3) is 0 Å². The monoisotopic (exact) mass is 201 g/mol. The molecule has 0 amide bonds. The second kappa shape index (κ2) is 7.80. The summed E-state index contributed by atoms with van der Waals surface area (Å²) in [7, 11) is 0. The van der Waals surface area contributed by atoms with E-state index >= 15 is 0 Å². The molecule has 0 rings (SSSR count). The zero-order chi connectivity index (χ0) is 11.0. The van der Waals surface area contributed by atoms with E-state index in [1.165, 1.54) is 12.8 Å².